The maximum absolute atomic E-state index is 13.6. The first-order valence-corrected chi connectivity index (χ1v) is 8.32. The second kappa shape index (κ2) is 6.52. The maximum Gasteiger partial charge on any atom is 0.163 e. The van der Waals surface area contributed by atoms with Crippen molar-refractivity contribution >= 4 is 16.7 Å². The Bertz CT molecular complexity index is 1090. The van der Waals surface area contributed by atoms with Gasteiger partial charge in [-0.2, -0.15) is 0 Å². The summed E-state index contributed by atoms with van der Waals surface area (Å²) in [6.45, 7) is 2.00. The molecule has 0 amide bonds. The molecule has 4 aromatic rings. The van der Waals surface area contributed by atoms with E-state index in [1.165, 1.54) is 12.1 Å². The van der Waals surface area contributed by atoms with Gasteiger partial charge in [0.15, 0.2) is 5.82 Å². The van der Waals surface area contributed by atoms with E-state index in [9.17, 15) is 4.39 Å². The number of nitrogens with one attached hydrogen (secondary N) is 1. The highest BCUT2D eigenvalue weighted by molar-refractivity contribution is 5.95. The predicted molar refractivity (Wildman–Crippen MR) is 102 cm³/mol. The summed E-state index contributed by atoms with van der Waals surface area (Å²) in [5.74, 6) is 1.10. The first-order valence-electron chi connectivity index (χ1n) is 8.32. The number of aromatic nitrogens is 3. The summed E-state index contributed by atoms with van der Waals surface area (Å²) in [5.41, 5.74) is 4.49. The van der Waals surface area contributed by atoms with E-state index in [4.69, 9.17) is 4.98 Å². The van der Waals surface area contributed by atoms with Crippen molar-refractivity contribution < 1.29 is 4.39 Å². The molecule has 0 spiro atoms. The van der Waals surface area contributed by atoms with Gasteiger partial charge in [-0.15, -0.1) is 0 Å². The molecule has 0 bridgehead atoms. The van der Waals surface area contributed by atoms with Crippen LogP contribution in [0.5, 0.6) is 0 Å². The molecule has 0 fully saturated rings. The molecular weight excluding hydrogens is 327 g/mol. The Morgan fingerprint density at radius 3 is 2.50 bits per heavy atom. The summed E-state index contributed by atoms with van der Waals surface area (Å²) in [6.07, 6.45) is 3.47. The van der Waals surface area contributed by atoms with Crippen molar-refractivity contribution in [3.8, 4) is 22.5 Å². The molecule has 1 N–H and O–H groups in total. The van der Waals surface area contributed by atoms with E-state index in [1.54, 1.807) is 18.5 Å². The van der Waals surface area contributed by atoms with Crippen molar-refractivity contribution in [1.82, 2.24) is 15.0 Å². The molecule has 4 nitrogen and oxygen atoms in total. The zero-order chi connectivity index (χ0) is 18.1. The molecule has 5 heteroatoms. The van der Waals surface area contributed by atoms with Gasteiger partial charge in [0, 0.05) is 30.4 Å². The fourth-order valence-corrected chi connectivity index (χ4v) is 3.05. The first kappa shape index (κ1) is 16.1. The molecule has 2 heterocycles. The van der Waals surface area contributed by atoms with Crippen molar-refractivity contribution in [2.75, 3.05) is 12.4 Å². The maximum atomic E-state index is 13.6. The minimum absolute atomic E-state index is 0.253. The van der Waals surface area contributed by atoms with Gasteiger partial charge in [0.25, 0.3) is 0 Å². The summed E-state index contributed by atoms with van der Waals surface area (Å²) in [7, 11) is 1.83. The monoisotopic (exact) mass is 344 g/mol. The summed E-state index contributed by atoms with van der Waals surface area (Å²) in [4.78, 5) is 13.5. The van der Waals surface area contributed by atoms with E-state index in [1.807, 2.05) is 44.3 Å². The zero-order valence-electron chi connectivity index (χ0n) is 14.5. The van der Waals surface area contributed by atoms with Crippen molar-refractivity contribution in [2.24, 2.45) is 0 Å². The number of hydrogen-bond acceptors (Lipinski definition) is 4. The molecule has 2 aromatic heterocycles. The third-order valence-electron chi connectivity index (χ3n) is 4.31. The fourth-order valence-electron chi connectivity index (χ4n) is 3.05. The van der Waals surface area contributed by atoms with E-state index < -0.39 is 0 Å². The van der Waals surface area contributed by atoms with Gasteiger partial charge in [0.1, 0.15) is 11.6 Å². The Balaban J connectivity index is 1.95. The Labute approximate surface area is 150 Å². The van der Waals surface area contributed by atoms with Crippen LogP contribution in [0.25, 0.3) is 33.4 Å². The number of aryl methyl sites for hydroxylation is 1. The van der Waals surface area contributed by atoms with Gasteiger partial charge in [0.05, 0.1) is 5.52 Å². The minimum atomic E-state index is -0.253. The molecule has 0 saturated heterocycles. The minimum Gasteiger partial charge on any atom is -0.373 e. The highest BCUT2D eigenvalue weighted by Gasteiger charge is 2.13. The van der Waals surface area contributed by atoms with Gasteiger partial charge in [-0.3, -0.25) is 4.98 Å². The van der Waals surface area contributed by atoms with Crippen molar-refractivity contribution in [1.29, 1.82) is 0 Å². The topological polar surface area (TPSA) is 50.7 Å². The van der Waals surface area contributed by atoms with Crippen LogP contribution in [-0.4, -0.2) is 22.0 Å². The van der Waals surface area contributed by atoms with Crippen LogP contribution in [0.1, 0.15) is 5.56 Å². The Hall–Kier alpha value is -3.34. The molecule has 0 atom stereocenters. The molecule has 0 unspecified atom stereocenters. The van der Waals surface area contributed by atoms with Crippen molar-refractivity contribution in [3.05, 3.63) is 72.3 Å². The molecule has 26 heavy (non-hydrogen) atoms. The lowest BCUT2D eigenvalue weighted by Gasteiger charge is -2.12. The quantitative estimate of drug-likeness (QED) is 0.577. The second-order valence-electron chi connectivity index (χ2n) is 6.09. The van der Waals surface area contributed by atoms with Crippen molar-refractivity contribution in [3.63, 3.8) is 0 Å². The van der Waals surface area contributed by atoms with E-state index in [-0.39, 0.29) is 5.82 Å². The molecule has 0 aliphatic rings. The molecule has 0 aliphatic heterocycles. The molecule has 0 radical (unpaired) electrons. The predicted octanol–water partition coefficient (Wildman–Crippen LogP) is 4.85. The molecule has 4 rings (SSSR count). The number of fused-ring (bicyclic) bond motifs is 1. The highest BCUT2D eigenvalue weighted by atomic mass is 19.1. The van der Waals surface area contributed by atoms with Crippen LogP contribution < -0.4 is 5.32 Å². The summed E-state index contributed by atoms with van der Waals surface area (Å²) < 4.78 is 13.6. The summed E-state index contributed by atoms with van der Waals surface area (Å²) >= 11 is 0. The summed E-state index contributed by atoms with van der Waals surface area (Å²) in [5, 5.41) is 4.05. The second-order valence-corrected chi connectivity index (χ2v) is 6.09. The fraction of sp³-hybridized carbons (Fsp3) is 0.0952. The van der Waals surface area contributed by atoms with Gasteiger partial charge in [0.2, 0.25) is 0 Å². The van der Waals surface area contributed by atoms with Crippen LogP contribution in [0, 0.1) is 12.7 Å². The van der Waals surface area contributed by atoms with E-state index in [0.717, 1.165) is 39.0 Å². The molecule has 2 aromatic carbocycles. The van der Waals surface area contributed by atoms with Crippen LogP contribution in [0.4, 0.5) is 10.2 Å². The third-order valence-corrected chi connectivity index (χ3v) is 4.31. The SMILES string of the molecule is CNc1nc(-c2cccnc2)nc2c(C)cc(-c3cccc(F)c3)cc12. The van der Waals surface area contributed by atoms with Crippen LogP contribution in [-0.2, 0) is 0 Å². The van der Waals surface area contributed by atoms with Crippen LogP contribution in [0.2, 0.25) is 0 Å². The van der Waals surface area contributed by atoms with Crippen LogP contribution in [0.3, 0.4) is 0 Å². The molecule has 128 valence electrons. The number of halogens is 1. The molecule has 0 saturated carbocycles. The molecular formula is C21H17FN4. The Morgan fingerprint density at radius 2 is 1.77 bits per heavy atom. The number of hydrogen-bond donors (Lipinski definition) is 1. The van der Waals surface area contributed by atoms with Crippen LogP contribution in [0.15, 0.2) is 60.9 Å². The standard InChI is InChI=1S/C21H17FN4/c1-13-9-16(14-5-3-7-17(22)10-14)11-18-19(13)25-20(26-21(18)23-2)15-6-4-8-24-12-15/h3-12H,1-2H3,(H,23,25,26). The smallest absolute Gasteiger partial charge is 0.163 e. The lowest BCUT2D eigenvalue weighted by molar-refractivity contribution is 0.628. The zero-order valence-corrected chi connectivity index (χ0v) is 14.5. The lowest BCUT2D eigenvalue weighted by Crippen LogP contribution is -2.00. The van der Waals surface area contributed by atoms with Gasteiger partial charge < -0.3 is 5.32 Å². The number of benzene rings is 2. The number of pyridine rings is 1. The van der Waals surface area contributed by atoms with E-state index >= 15 is 0 Å². The largest absolute Gasteiger partial charge is 0.373 e. The van der Waals surface area contributed by atoms with Gasteiger partial charge >= 0.3 is 0 Å². The normalized spacial score (nSPS) is 10.9. The number of rotatable bonds is 3. The number of anilines is 1. The third kappa shape index (κ3) is 2.88. The van der Waals surface area contributed by atoms with Gasteiger partial charge in [-0.25, -0.2) is 14.4 Å². The lowest BCUT2D eigenvalue weighted by atomic mass is 10.00. The van der Waals surface area contributed by atoms with Crippen LogP contribution >= 0.6 is 0 Å². The average Bonchev–Trinajstić information content (AvgIpc) is 2.68. The van der Waals surface area contributed by atoms with E-state index in [2.05, 4.69) is 15.3 Å². The van der Waals surface area contributed by atoms with Crippen molar-refractivity contribution in [2.45, 2.75) is 6.92 Å². The highest BCUT2D eigenvalue weighted by Crippen LogP contribution is 2.31. The van der Waals surface area contributed by atoms with Gasteiger partial charge in [-0.1, -0.05) is 12.1 Å². The van der Waals surface area contributed by atoms with E-state index in [0.29, 0.717) is 5.82 Å². The first-order chi connectivity index (χ1) is 12.7. The average molecular weight is 344 g/mol. The summed E-state index contributed by atoms with van der Waals surface area (Å²) in [6, 6.07) is 14.4. The Morgan fingerprint density at radius 1 is 0.923 bits per heavy atom. The Kier molecular flexibility index (Phi) is 4.05. The molecule has 0 aliphatic carbocycles. The number of nitrogens with zero attached hydrogens (tertiary/aromatic N) is 3. The van der Waals surface area contributed by atoms with Gasteiger partial charge in [-0.05, 0) is 60.0 Å².